The minimum Gasteiger partial charge on any atom is -0.376 e. The molecular formula is C14H18N2O. The topological polar surface area (TPSA) is 24.8 Å². The highest BCUT2D eigenvalue weighted by Crippen LogP contribution is 2.26. The highest BCUT2D eigenvalue weighted by molar-refractivity contribution is 6.01. The van der Waals surface area contributed by atoms with Crippen LogP contribution in [-0.2, 0) is 4.84 Å². The molecule has 0 amide bonds. The smallest absolute Gasteiger partial charge is 0.181 e. The van der Waals surface area contributed by atoms with Crippen molar-refractivity contribution in [1.82, 2.24) is 4.90 Å². The average molecular weight is 230 g/mol. The van der Waals surface area contributed by atoms with Gasteiger partial charge in [0.2, 0.25) is 0 Å². The van der Waals surface area contributed by atoms with Gasteiger partial charge >= 0.3 is 0 Å². The van der Waals surface area contributed by atoms with E-state index in [9.17, 15) is 0 Å². The zero-order valence-corrected chi connectivity index (χ0v) is 10.2. The van der Waals surface area contributed by atoms with Gasteiger partial charge in [0, 0.05) is 24.6 Å². The molecule has 3 heteroatoms. The second kappa shape index (κ2) is 4.49. The number of hydrogen-bond acceptors (Lipinski definition) is 3. The van der Waals surface area contributed by atoms with Gasteiger partial charge < -0.3 is 4.84 Å². The lowest BCUT2D eigenvalue weighted by Crippen LogP contribution is -2.50. The van der Waals surface area contributed by atoms with Gasteiger partial charge in [0.15, 0.2) is 6.23 Å². The van der Waals surface area contributed by atoms with E-state index in [0.29, 0.717) is 6.04 Å². The molecule has 0 saturated carbocycles. The average Bonchev–Trinajstić information content (AvgIpc) is 2.40. The second-order valence-electron chi connectivity index (χ2n) is 4.92. The van der Waals surface area contributed by atoms with Crippen LogP contribution in [-0.4, -0.2) is 29.4 Å². The van der Waals surface area contributed by atoms with E-state index in [2.05, 4.69) is 29.1 Å². The molecule has 2 aliphatic heterocycles. The normalized spacial score (nSPS) is 29.1. The Labute approximate surface area is 102 Å². The van der Waals surface area contributed by atoms with Crippen LogP contribution in [0.3, 0.4) is 0 Å². The van der Waals surface area contributed by atoms with E-state index < -0.39 is 0 Å². The van der Waals surface area contributed by atoms with Gasteiger partial charge in [-0.25, -0.2) is 0 Å². The van der Waals surface area contributed by atoms with Crippen LogP contribution in [0.5, 0.6) is 0 Å². The minimum absolute atomic E-state index is 0.200. The zero-order chi connectivity index (χ0) is 11.7. The van der Waals surface area contributed by atoms with E-state index in [1.807, 2.05) is 18.2 Å². The number of oxime groups is 1. The predicted molar refractivity (Wildman–Crippen MR) is 67.9 cm³/mol. The Kier molecular flexibility index (Phi) is 2.85. The van der Waals surface area contributed by atoms with E-state index in [-0.39, 0.29) is 6.23 Å². The van der Waals surface area contributed by atoms with Crippen molar-refractivity contribution in [2.45, 2.75) is 38.5 Å². The summed E-state index contributed by atoms with van der Waals surface area (Å²) in [6.07, 6.45) is 3.82. The largest absolute Gasteiger partial charge is 0.376 e. The number of hydrogen-bond donors (Lipinski definition) is 0. The van der Waals surface area contributed by atoms with Crippen molar-refractivity contribution < 1.29 is 4.84 Å². The third-order valence-corrected chi connectivity index (χ3v) is 3.73. The van der Waals surface area contributed by atoms with Gasteiger partial charge in [-0.1, -0.05) is 35.5 Å². The quantitative estimate of drug-likeness (QED) is 0.741. The Morgan fingerprint density at radius 3 is 2.88 bits per heavy atom. The maximum atomic E-state index is 5.63. The van der Waals surface area contributed by atoms with Gasteiger partial charge in [-0.3, -0.25) is 4.90 Å². The molecule has 0 aliphatic carbocycles. The lowest BCUT2D eigenvalue weighted by molar-refractivity contribution is -0.103. The lowest BCUT2D eigenvalue weighted by atomic mass is 10.00. The van der Waals surface area contributed by atoms with Gasteiger partial charge in [-0.15, -0.1) is 0 Å². The number of nitrogens with zero attached hydrogens (tertiary/aromatic N) is 2. The van der Waals surface area contributed by atoms with Crippen LogP contribution in [0.15, 0.2) is 35.5 Å². The third kappa shape index (κ3) is 2.07. The molecule has 17 heavy (non-hydrogen) atoms. The van der Waals surface area contributed by atoms with E-state index >= 15 is 0 Å². The Bertz CT molecular complexity index is 415. The van der Waals surface area contributed by atoms with Gasteiger partial charge in [0.05, 0.1) is 0 Å². The molecule has 3 nitrogen and oxygen atoms in total. The third-order valence-electron chi connectivity index (χ3n) is 3.73. The van der Waals surface area contributed by atoms with Gasteiger partial charge in [-0.05, 0) is 19.8 Å². The molecule has 3 rings (SSSR count). The molecule has 90 valence electrons. The second-order valence-corrected chi connectivity index (χ2v) is 4.92. The van der Waals surface area contributed by atoms with E-state index in [1.165, 1.54) is 18.4 Å². The number of benzene rings is 1. The molecule has 2 aliphatic rings. The Balaban J connectivity index is 1.83. The first-order valence-corrected chi connectivity index (χ1v) is 6.38. The molecule has 1 aromatic carbocycles. The van der Waals surface area contributed by atoms with E-state index in [0.717, 1.165) is 18.7 Å². The van der Waals surface area contributed by atoms with Crippen LogP contribution in [0.25, 0.3) is 0 Å². The predicted octanol–water partition coefficient (Wildman–Crippen LogP) is 2.62. The van der Waals surface area contributed by atoms with Crippen molar-refractivity contribution >= 4 is 5.71 Å². The van der Waals surface area contributed by atoms with Crippen LogP contribution in [0.4, 0.5) is 0 Å². The number of piperidine rings is 1. The van der Waals surface area contributed by atoms with Crippen molar-refractivity contribution in [3.63, 3.8) is 0 Å². The maximum absolute atomic E-state index is 5.63. The first-order chi connectivity index (χ1) is 8.34. The number of fused-ring (bicyclic) bond motifs is 1. The minimum atomic E-state index is 0.200. The Morgan fingerprint density at radius 2 is 2.06 bits per heavy atom. The molecular weight excluding hydrogens is 212 g/mol. The van der Waals surface area contributed by atoms with Crippen molar-refractivity contribution in [3.05, 3.63) is 35.9 Å². The van der Waals surface area contributed by atoms with Crippen LogP contribution >= 0.6 is 0 Å². The molecule has 2 heterocycles. The summed E-state index contributed by atoms with van der Waals surface area (Å²) in [7, 11) is 0. The van der Waals surface area contributed by atoms with Crippen LogP contribution in [0.2, 0.25) is 0 Å². The van der Waals surface area contributed by atoms with Gasteiger partial charge in [0.1, 0.15) is 5.71 Å². The highest BCUT2D eigenvalue weighted by Gasteiger charge is 2.33. The molecule has 0 bridgehead atoms. The number of rotatable bonds is 1. The summed E-state index contributed by atoms with van der Waals surface area (Å²) < 4.78 is 0. The van der Waals surface area contributed by atoms with Gasteiger partial charge in [-0.2, -0.15) is 0 Å². The summed E-state index contributed by atoms with van der Waals surface area (Å²) in [5.41, 5.74) is 2.22. The standard InChI is InChI=1S/C14H18N2O/c1-11-6-5-9-14-16(11)10-13(15-17-14)12-7-3-2-4-8-12/h2-4,7-8,11,14H,5-6,9-10H2,1H3. The molecule has 1 saturated heterocycles. The van der Waals surface area contributed by atoms with Crippen molar-refractivity contribution in [2.24, 2.45) is 5.16 Å². The van der Waals surface area contributed by atoms with Crippen LogP contribution in [0, 0.1) is 0 Å². The fraction of sp³-hybridized carbons (Fsp3) is 0.500. The first kappa shape index (κ1) is 10.8. The van der Waals surface area contributed by atoms with E-state index in [1.54, 1.807) is 0 Å². The summed E-state index contributed by atoms with van der Waals surface area (Å²) in [6.45, 7) is 3.19. The lowest BCUT2D eigenvalue weighted by Gasteiger charge is -2.41. The first-order valence-electron chi connectivity index (χ1n) is 6.38. The summed E-state index contributed by atoms with van der Waals surface area (Å²) in [5, 5.41) is 4.29. The Hall–Kier alpha value is -1.35. The fourth-order valence-electron chi connectivity index (χ4n) is 2.68. The summed E-state index contributed by atoms with van der Waals surface area (Å²) in [6, 6.07) is 10.9. The highest BCUT2D eigenvalue weighted by atomic mass is 16.7. The van der Waals surface area contributed by atoms with Gasteiger partial charge in [0.25, 0.3) is 0 Å². The molecule has 0 aromatic heterocycles. The summed E-state index contributed by atoms with van der Waals surface area (Å²) >= 11 is 0. The maximum Gasteiger partial charge on any atom is 0.181 e. The van der Waals surface area contributed by atoms with Crippen molar-refractivity contribution in [1.29, 1.82) is 0 Å². The molecule has 0 radical (unpaired) electrons. The Morgan fingerprint density at radius 1 is 1.24 bits per heavy atom. The SMILES string of the molecule is CC1CCCC2ON=C(c3ccccc3)CN12. The van der Waals surface area contributed by atoms with Crippen molar-refractivity contribution in [3.8, 4) is 0 Å². The summed E-state index contributed by atoms with van der Waals surface area (Å²) in [4.78, 5) is 8.06. The van der Waals surface area contributed by atoms with Crippen LogP contribution in [0.1, 0.15) is 31.7 Å². The van der Waals surface area contributed by atoms with Crippen LogP contribution < -0.4 is 0 Å². The van der Waals surface area contributed by atoms with Crippen molar-refractivity contribution in [2.75, 3.05) is 6.54 Å². The van der Waals surface area contributed by atoms with E-state index in [4.69, 9.17) is 4.84 Å². The molecule has 1 fully saturated rings. The molecule has 0 spiro atoms. The summed E-state index contributed by atoms with van der Waals surface area (Å²) in [5.74, 6) is 0. The molecule has 2 unspecified atom stereocenters. The molecule has 1 aromatic rings. The fourth-order valence-corrected chi connectivity index (χ4v) is 2.68. The molecule has 2 atom stereocenters. The molecule has 0 N–H and O–H groups in total. The monoisotopic (exact) mass is 230 g/mol. The zero-order valence-electron chi connectivity index (χ0n) is 10.2.